The van der Waals surface area contributed by atoms with Gasteiger partial charge < -0.3 is 10.1 Å². The molecule has 2 aromatic rings. The molecule has 0 saturated heterocycles. The Morgan fingerprint density at radius 2 is 2.37 bits per heavy atom. The number of aromatic amines is 1. The van der Waals surface area contributed by atoms with Crippen molar-refractivity contribution in [2.75, 3.05) is 6.61 Å². The number of H-pyrrole nitrogens is 1. The SMILES string of the molecule is O=C(COc1ccc(Br)cc1F)NCc1nn[nH]n1. The number of halogens is 2. The van der Waals surface area contributed by atoms with Gasteiger partial charge in [-0.05, 0) is 18.2 Å². The predicted octanol–water partition coefficient (Wildman–Crippen LogP) is 0.796. The maximum atomic E-state index is 13.4. The summed E-state index contributed by atoms with van der Waals surface area (Å²) >= 11 is 3.13. The Morgan fingerprint density at radius 1 is 1.53 bits per heavy atom. The third-order valence-corrected chi connectivity index (χ3v) is 2.58. The van der Waals surface area contributed by atoms with E-state index in [0.717, 1.165) is 0 Å². The number of nitrogens with one attached hydrogen (secondary N) is 2. The summed E-state index contributed by atoms with van der Waals surface area (Å²) in [6.07, 6.45) is 0. The number of aromatic nitrogens is 4. The Kier molecular flexibility index (Phi) is 4.39. The molecule has 1 aromatic heterocycles. The van der Waals surface area contributed by atoms with E-state index in [1.54, 1.807) is 6.07 Å². The van der Waals surface area contributed by atoms with E-state index in [2.05, 4.69) is 41.9 Å². The van der Waals surface area contributed by atoms with Gasteiger partial charge in [0.1, 0.15) is 0 Å². The summed E-state index contributed by atoms with van der Waals surface area (Å²) in [7, 11) is 0. The van der Waals surface area contributed by atoms with Crippen molar-refractivity contribution in [2.24, 2.45) is 0 Å². The Bertz CT molecular complexity index is 563. The van der Waals surface area contributed by atoms with E-state index >= 15 is 0 Å². The average Bonchev–Trinajstić information content (AvgIpc) is 2.88. The van der Waals surface area contributed by atoms with E-state index in [1.165, 1.54) is 12.1 Å². The average molecular weight is 330 g/mol. The van der Waals surface area contributed by atoms with E-state index < -0.39 is 11.7 Å². The molecule has 0 aliphatic rings. The number of nitrogens with zero attached hydrogens (tertiary/aromatic N) is 3. The molecule has 0 aliphatic carbocycles. The molecule has 100 valence electrons. The van der Waals surface area contributed by atoms with E-state index in [1.807, 2.05) is 0 Å². The number of carbonyl (C=O) groups excluding carboxylic acids is 1. The molecule has 7 nitrogen and oxygen atoms in total. The van der Waals surface area contributed by atoms with Crippen LogP contribution in [0.4, 0.5) is 4.39 Å². The molecule has 19 heavy (non-hydrogen) atoms. The van der Waals surface area contributed by atoms with E-state index in [4.69, 9.17) is 4.74 Å². The molecule has 1 heterocycles. The van der Waals surface area contributed by atoms with Crippen LogP contribution in [-0.4, -0.2) is 33.1 Å². The second kappa shape index (κ2) is 6.23. The van der Waals surface area contributed by atoms with Crippen molar-refractivity contribution >= 4 is 21.8 Å². The second-order valence-corrected chi connectivity index (χ2v) is 4.38. The zero-order valence-electron chi connectivity index (χ0n) is 9.56. The van der Waals surface area contributed by atoms with Crippen molar-refractivity contribution in [3.8, 4) is 5.75 Å². The van der Waals surface area contributed by atoms with Crippen LogP contribution in [0.1, 0.15) is 5.82 Å². The number of carbonyl (C=O) groups is 1. The lowest BCUT2D eigenvalue weighted by atomic mass is 10.3. The third-order valence-electron chi connectivity index (χ3n) is 2.09. The maximum absolute atomic E-state index is 13.4. The molecule has 2 N–H and O–H groups in total. The molecule has 9 heteroatoms. The Hall–Kier alpha value is -2.03. The topological polar surface area (TPSA) is 92.8 Å². The minimum absolute atomic E-state index is 0.0120. The lowest BCUT2D eigenvalue weighted by Crippen LogP contribution is -2.29. The first kappa shape index (κ1) is 13.4. The predicted molar refractivity (Wildman–Crippen MR) is 65.6 cm³/mol. The monoisotopic (exact) mass is 329 g/mol. The van der Waals surface area contributed by atoms with Gasteiger partial charge in [-0.2, -0.15) is 5.21 Å². The highest BCUT2D eigenvalue weighted by Crippen LogP contribution is 2.21. The normalized spacial score (nSPS) is 10.2. The van der Waals surface area contributed by atoms with Gasteiger partial charge in [-0.25, -0.2) is 4.39 Å². The molecule has 0 radical (unpaired) electrons. The molecule has 0 atom stereocenters. The zero-order valence-corrected chi connectivity index (χ0v) is 11.1. The summed E-state index contributed by atoms with van der Waals surface area (Å²) in [5, 5.41) is 15.4. The molecule has 0 unspecified atom stereocenters. The molecule has 1 aromatic carbocycles. The lowest BCUT2D eigenvalue weighted by molar-refractivity contribution is -0.123. The van der Waals surface area contributed by atoms with E-state index in [9.17, 15) is 9.18 Å². The van der Waals surface area contributed by atoms with E-state index in [0.29, 0.717) is 10.3 Å². The second-order valence-electron chi connectivity index (χ2n) is 3.47. The number of rotatable bonds is 5. The van der Waals surface area contributed by atoms with Crippen molar-refractivity contribution in [2.45, 2.75) is 6.54 Å². The van der Waals surface area contributed by atoms with E-state index in [-0.39, 0.29) is 18.9 Å². The first-order chi connectivity index (χ1) is 9.15. The molecule has 0 bridgehead atoms. The Balaban J connectivity index is 1.80. The van der Waals surface area contributed by atoms with Crippen molar-refractivity contribution in [3.05, 3.63) is 34.3 Å². The summed E-state index contributed by atoms with van der Waals surface area (Å²) in [5.74, 6) is -0.589. The first-order valence-electron chi connectivity index (χ1n) is 5.22. The Labute approximate surface area is 115 Å². The van der Waals surface area contributed by atoms with Crippen molar-refractivity contribution in [1.82, 2.24) is 25.9 Å². The van der Waals surface area contributed by atoms with Gasteiger partial charge in [0.15, 0.2) is 24.0 Å². The van der Waals surface area contributed by atoms with Gasteiger partial charge in [0, 0.05) is 4.47 Å². The first-order valence-corrected chi connectivity index (χ1v) is 6.01. The lowest BCUT2D eigenvalue weighted by Gasteiger charge is -2.07. The molecule has 1 amide bonds. The fourth-order valence-electron chi connectivity index (χ4n) is 1.22. The smallest absolute Gasteiger partial charge is 0.258 e. The van der Waals surface area contributed by atoms with Crippen LogP contribution in [0.5, 0.6) is 5.75 Å². The minimum atomic E-state index is -0.541. The van der Waals surface area contributed by atoms with Gasteiger partial charge in [-0.15, -0.1) is 10.2 Å². The van der Waals surface area contributed by atoms with Crippen LogP contribution >= 0.6 is 15.9 Å². The van der Waals surface area contributed by atoms with Crippen molar-refractivity contribution in [3.63, 3.8) is 0 Å². The fraction of sp³-hybridized carbons (Fsp3) is 0.200. The summed E-state index contributed by atoms with van der Waals surface area (Å²) in [5.41, 5.74) is 0. The number of amides is 1. The Morgan fingerprint density at radius 3 is 3.05 bits per heavy atom. The number of hydrogen-bond donors (Lipinski definition) is 2. The minimum Gasteiger partial charge on any atom is -0.481 e. The zero-order chi connectivity index (χ0) is 13.7. The maximum Gasteiger partial charge on any atom is 0.258 e. The summed E-state index contributed by atoms with van der Waals surface area (Å²) in [6, 6.07) is 4.31. The standard InChI is InChI=1S/C10H9BrFN5O2/c11-6-1-2-8(7(12)3-6)19-5-10(18)13-4-9-14-16-17-15-9/h1-3H,4-5H2,(H,13,18)(H,14,15,16,17). The fourth-order valence-corrected chi connectivity index (χ4v) is 1.55. The molecule has 0 spiro atoms. The number of ether oxygens (including phenoxy) is 1. The summed E-state index contributed by atoms with van der Waals surface area (Å²) in [4.78, 5) is 11.4. The highest BCUT2D eigenvalue weighted by atomic mass is 79.9. The molecular formula is C10H9BrFN5O2. The quantitative estimate of drug-likeness (QED) is 0.846. The number of tetrazole rings is 1. The van der Waals surface area contributed by atoms with Gasteiger partial charge in [-0.1, -0.05) is 21.1 Å². The van der Waals surface area contributed by atoms with Crippen LogP contribution in [0, 0.1) is 5.82 Å². The molecule has 0 fully saturated rings. The molecule has 0 aliphatic heterocycles. The van der Waals surface area contributed by atoms with Crippen LogP contribution in [0.25, 0.3) is 0 Å². The highest BCUT2D eigenvalue weighted by molar-refractivity contribution is 9.10. The van der Waals surface area contributed by atoms with Crippen LogP contribution in [0.3, 0.4) is 0 Å². The van der Waals surface area contributed by atoms with Crippen molar-refractivity contribution in [1.29, 1.82) is 0 Å². The summed E-state index contributed by atoms with van der Waals surface area (Å²) < 4.78 is 19.0. The molecular weight excluding hydrogens is 321 g/mol. The number of hydrogen-bond acceptors (Lipinski definition) is 5. The van der Waals surface area contributed by atoms with Gasteiger partial charge in [0.25, 0.3) is 5.91 Å². The van der Waals surface area contributed by atoms with Gasteiger partial charge in [0.05, 0.1) is 6.54 Å². The molecule has 0 saturated carbocycles. The van der Waals surface area contributed by atoms with Gasteiger partial charge >= 0.3 is 0 Å². The highest BCUT2D eigenvalue weighted by Gasteiger charge is 2.08. The molecule has 2 rings (SSSR count). The van der Waals surface area contributed by atoms with Crippen LogP contribution in [0.2, 0.25) is 0 Å². The third kappa shape index (κ3) is 3.98. The van der Waals surface area contributed by atoms with Gasteiger partial charge in [-0.3, -0.25) is 4.79 Å². The largest absolute Gasteiger partial charge is 0.481 e. The van der Waals surface area contributed by atoms with Crippen LogP contribution < -0.4 is 10.1 Å². The van der Waals surface area contributed by atoms with Crippen LogP contribution in [0.15, 0.2) is 22.7 Å². The van der Waals surface area contributed by atoms with Crippen molar-refractivity contribution < 1.29 is 13.9 Å². The van der Waals surface area contributed by atoms with Crippen LogP contribution in [-0.2, 0) is 11.3 Å². The van der Waals surface area contributed by atoms with Gasteiger partial charge in [0.2, 0.25) is 0 Å². The number of benzene rings is 1. The summed E-state index contributed by atoms with van der Waals surface area (Å²) in [6.45, 7) is -0.169.